The van der Waals surface area contributed by atoms with Gasteiger partial charge in [0.25, 0.3) is 0 Å². The van der Waals surface area contributed by atoms with Crippen LogP contribution in [0.25, 0.3) is 16.8 Å². The third kappa shape index (κ3) is 3.00. The number of benzene rings is 1. The number of hydrogen-bond donors (Lipinski definition) is 1. The number of fused-ring (bicyclic) bond motifs is 3. The van der Waals surface area contributed by atoms with Crippen LogP contribution in [0.5, 0.6) is 0 Å². The lowest BCUT2D eigenvalue weighted by molar-refractivity contribution is 0.0687. The van der Waals surface area contributed by atoms with Gasteiger partial charge < -0.3 is 9.51 Å². The Morgan fingerprint density at radius 3 is 2.53 bits per heavy atom. The molecule has 6 nitrogen and oxygen atoms in total. The minimum absolute atomic E-state index is 0.0260. The molecule has 0 amide bonds. The second-order valence-corrected chi connectivity index (χ2v) is 8.45. The molecule has 3 heterocycles. The van der Waals surface area contributed by atoms with Crippen molar-refractivity contribution in [3.63, 3.8) is 0 Å². The van der Waals surface area contributed by atoms with Gasteiger partial charge in [-0.2, -0.15) is 0 Å². The van der Waals surface area contributed by atoms with E-state index in [0.717, 1.165) is 22.4 Å². The summed E-state index contributed by atoms with van der Waals surface area (Å²) in [6.45, 7) is 3.30. The molecule has 0 saturated carbocycles. The first-order valence-corrected chi connectivity index (χ1v) is 10.1. The largest absolute Gasteiger partial charge is 0.382 e. The highest BCUT2D eigenvalue weighted by Gasteiger charge is 2.36. The van der Waals surface area contributed by atoms with Gasteiger partial charge in [0.1, 0.15) is 16.9 Å². The molecule has 5 rings (SSSR count). The Morgan fingerprint density at radius 2 is 1.83 bits per heavy atom. The van der Waals surface area contributed by atoms with Crippen LogP contribution in [0.2, 0.25) is 5.02 Å². The summed E-state index contributed by atoms with van der Waals surface area (Å²) in [6.07, 6.45) is 5.69. The number of aliphatic hydroxyl groups is 1. The van der Waals surface area contributed by atoms with Crippen LogP contribution in [0.4, 0.5) is 0 Å². The van der Waals surface area contributed by atoms with Gasteiger partial charge in [-0.1, -0.05) is 29.8 Å². The van der Waals surface area contributed by atoms with Crippen molar-refractivity contribution in [3.05, 3.63) is 82.8 Å². The van der Waals surface area contributed by atoms with E-state index in [1.807, 2.05) is 47.0 Å². The molecule has 1 N–H and O–H groups in total. The molecule has 7 heteroatoms. The summed E-state index contributed by atoms with van der Waals surface area (Å²) in [6, 6.07) is 11.4. The molecule has 0 fully saturated rings. The number of rotatable bonds is 3. The number of halogens is 1. The third-order valence-electron chi connectivity index (χ3n) is 5.45. The van der Waals surface area contributed by atoms with E-state index in [2.05, 4.69) is 15.0 Å². The molecule has 0 spiro atoms. The van der Waals surface area contributed by atoms with Gasteiger partial charge in [-0.15, -0.1) is 0 Å². The van der Waals surface area contributed by atoms with E-state index in [4.69, 9.17) is 11.6 Å². The Morgan fingerprint density at radius 1 is 1.10 bits per heavy atom. The molecule has 150 valence electrons. The smallest absolute Gasteiger partial charge is 0.184 e. The van der Waals surface area contributed by atoms with E-state index in [-0.39, 0.29) is 11.7 Å². The molecule has 1 aliphatic carbocycles. The lowest BCUT2D eigenvalue weighted by Gasteiger charge is -2.15. The lowest BCUT2D eigenvalue weighted by Crippen LogP contribution is -2.19. The molecular formula is C23H19ClN4O2. The highest BCUT2D eigenvalue weighted by atomic mass is 35.5. The number of hydrogen-bond acceptors (Lipinski definition) is 5. The average molecular weight is 419 g/mol. The molecule has 0 saturated heterocycles. The Balaban J connectivity index is 1.63. The number of Topliss-reactive ketones (excluding diaryl/α,β-unsaturated/α-hetero) is 1. The standard InChI is InChI=1S/C23H19ClN4O2/c1-23(2,30)22-25-10-14(11-26-22)13-7-8-19-27-20-18(29)9-16(21(20)28(19)12-13)15-5-3-4-6-17(15)24/h3-8,10-12,16,30H,9H2,1-2H3. The zero-order valence-electron chi connectivity index (χ0n) is 16.5. The highest BCUT2D eigenvalue weighted by molar-refractivity contribution is 6.31. The fourth-order valence-electron chi connectivity index (χ4n) is 3.96. The number of imidazole rings is 1. The summed E-state index contributed by atoms with van der Waals surface area (Å²) in [5.41, 5.74) is 3.60. The maximum atomic E-state index is 12.7. The normalized spacial score (nSPS) is 16.3. The summed E-state index contributed by atoms with van der Waals surface area (Å²) < 4.78 is 1.97. The number of ketones is 1. The molecular weight excluding hydrogens is 400 g/mol. The predicted molar refractivity (Wildman–Crippen MR) is 114 cm³/mol. The van der Waals surface area contributed by atoms with Crippen molar-refractivity contribution in [2.24, 2.45) is 0 Å². The molecule has 3 aromatic heterocycles. The molecule has 1 aromatic carbocycles. The van der Waals surface area contributed by atoms with Gasteiger partial charge in [0, 0.05) is 47.1 Å². The van der Waals surface area contributed by atoms with Crippen LogP contribution in [0, 0.1) is 0 Å². The zero-order valence-corrected chi connectivity index (χ0v) is 17.3. The molecule has 1 aliphatic rings. The topological polar surface area (TPSA) is 80.4 Å². The summed E-state index contributed by atoms with van der Waals surface area (Å²) in [5.74, 6) is 0.249. The first-order chi connectivity index (χ1) is 14.3. The quantitative estimate of drug-likeness (QED) is 0.533. The van der Waals surface area contributed by atoms with E-state index in [9.17, 15) is 9.90 Å². The number of pyridine rings is 1. The van der Waals surface area contributed by atoms with Gasteiger partial charge in [0.2, 0.25) is 0 Å². The first-order valence-electron chi connectivity index (χ1n) is 9.68. The van der Waals surface area contributed by atoms with Crippen LogP contribution in [-0.4, -0.2) is 30.2 Å². The van der Waals surface area contributed by atoms with Crippen LogP contribution in [0.1, 0.15) is 53.8 Å². The lowest BCUT2D eigenvalue weighted by atomic mass is 9.96. The van der Waals surface area contributed by atoms with E-state index < -0.39 is 5.60 Å². The molecule has 4 aromatic rings. The van der Waals surface area contributed by atoms with Gasteiger partial charge in [-0.3, -0.25) is 4.79 Å². The van der Waals surface area contributed by atoms with E-state index in [0.29, 0.717) is 28.6 Å². The van der Waals surface area contributed by atoms with E-state index in [1.54, 1.807) is 26.2 Å². The minimum atomic E-state index is -1.10. The number of nitrogens with zero attached hydrogens (tertiary/aromatic N) is 4. The average Bonchev–Trinajstić information content (AvgIpc) is 3.25. The summed E-state index contributed by atoms with van der Waals surface area (Å²) >= 11 is 6.44. The van der Waals surface area contributed by atoms with Crippen molar-refractivity contribution in [1.82, 2.24) is 19.4 Å². The first kappa shape index (κ1) is 18.9. The Hall–Kier alpha value is -3.09. The van der Waals surface area contributed by atoms with Crippen molar-refractivity contribution in [1.29, 1.82) is 0 Å². The predicted octanol–water partition coefficient (Wildman–Crippen LogP) is 4.39. The van der Waals surface area contributed by atoms with Crippen LogP contribution in [0.15, 0.2) is 55.0 Å². The van der Waals surface area contributed by atoms with Crippen molar-refractivity contribution in [2.45, 2.75) is 31.8 Å². The van der Waals surface area contributed by atoms with Crippen LogP contribution < -0.4 is 0 Å². The second-order valence-electron chi connectivity index (χ2n) is 8.05. The SMILES string of the molecule is CC(C)(O)c1ncc(-c2ccc3nc4c(n3c2)C(c2ccccc2Cl)CC4=O)cn1. The maximum Gasteiger partial charge on any atom is 0.184 e. The Bertz CT molecular complexity index is 1290. The Kier molecular flexibility index (Phi) is 4.24. The van der Waals surface area contributed by atoms with E-state index in [1.165, 1.54) is 0 Å². The monoisotopic (exact) mass is 418 g/mol. The van der Waals surface area contributed by atoms with Gasteiger partial charge in [-0.05, 0) is 37.6 Å². The van der Waals surface area contributed by atoms with Crippen molar-refractivity contribution in [3.8, 4) is 11.1 Å². The van der Waals surface area contributed by atoms with Crippen LogP contribution in [0.3, 0.4) is 0 Å². The molecule has 0 aliphatic heterocycles. The highest BCUT2D eigenvalue weighted by Crippen LogP contribution is 2.41. The third-order valence-corrected chi connectivity index (χ3v) is 5.80. The number of carbonyl (C=O) groups excluding carboxylic acids is 1. The zero-order chi connectivity index (χ0) is 21.0. The molecule has 1 unspecified atom stereocenters. The molecule has 30 heavy (non-hydrogen) atoms. The van der Waals surface area contributed by atoms with Crippen molar-refractivity contribution >= 4 is 23.0 Å². The van der Waals surface area contributed by atoms with Crippen LogP contribution >= 0.6 is 11.6 Å². The van der Waals surface area contributed by atoms with Gasteiger partial charge >= 0.3 is 0 Å². The number of carbonyl (C=O) groups is 1. The van der Waals surface area contributed by atoms with Crippen molar-refractivity contribution < 1.29 is 9.90 Å². The van der Waals surface area contributed by atoms with Gasteiger partial charge in [-0.25, -0.2) is 15.0 Å². The second kappa shape index (κ2) is 6.72. The van der Waals surface area contributed by atoms with Gasteiger partial charge in [0.15, 0.2) is 11.6 Å². The molecule has 0 bridgehead atoms. The summed E-state index contributed by atoms with van der Waals surface area (Å²) in [7, 11) is 0. The maximum absolute atomic E-state index is 12.7. The fourth-order valence-corrected chi connectivity index (χ4v) is 4.23. The molecule has 0 radical (unpaired) electrons. The number of aromatic nitrogens is 4. The Labute approximate surface area is 178 Å². The van der Waals surface area contributed by atoms with E-state index >= 15 is 0 Å². The summed E-state index contributed by atoms with van der Waals surface area (Å²) in [5, 5.41) is 10.7. The van der Waals surface area contributed by atoms with Crippen molar-refractivity contribution in [2.75, 3.05) is 0 Å². The molecule has 1 atom stereocenters. The minimum Gasteiger partial charge on any atom is -0.382 e. The fraction of sp³-hybridized carbons (Fsp3) is 0.217. The summed E-state index contributed by atoms with van der Waals surface area (Å²) in [4.78, 5) is 25.8. The van der Waals surface area contributed by atoms with Crippen LogP contribution in [-0.2, 0) is 5.60 Å². The van der Waals surface area contributed by atoms with Gasteiger partial charge in [0.05, 0.1) is 5.69 Å².